The Kier molecular flexibility index (Phi) is 4.89. The number of carbonyl (C=O) groups excluding carboxylic acids is 1. The van der Waals surface area contributed by atoms with Crippen molar-refractivity contribution in [1.82, 2.24) is 8.87 Å². The Bertz CT molecular complexity index is 1650. The highest BCUT2D eigenvalue weighted by Crippen LogP contribution is 2.51. The fourth-order valence-corrected chi connectivity index (χ4v) is 7.17. The first-order valence-corrected chi connectivity index (χ1v) is 12.8. The molecule has 1 aliphatic carbocycles. The van der Waals surface area contributed by atoms with Gasteiger partial charge >= 0.3 is 5.97 Å². The quantitative estimate of drug-likeness (QED) is 0.424. The SMILES string of the molecule is NC1CCN(S(=O)(=O)c2cccc3c(=O)n(COC(=O)c4ccc5occc5c4)ccc23)C12CC2. The lowest BCUT2D eigenvalue weighted by Crippen LogP contribution is -2.44. The number of aromatic nitrogens is 1. The van der Waals surface area contributed by atoms with E-state index in [-0.39, 0.29) is 23.1 Å². The van der Waals surface area contributed by atoms with E-state index in [0.717, 1.165) is 18.2 Å². The summed E-state index contributed by atoms with van der Waals surface area (Å²) in [4.78, 5) is 25.7. The van der Waals surface area contributed by atoms with E-state index in [1.807, 2.05) is 0 Å². The van der Waals surface area contributed by atoms with Crippen LogP contribution in [-0.2, 0) is 21.5 Å². The van der Waals surface area contributed by atoms with Crippen molar-refractivity contribution in [3.05, 3.63) is 76.9 Å². The summed E-state index contributed by atoms with van der Waals surface area (Å²) < 4.78 is 40.5. The van der Waals surface area contributed by atoms with Crippen molar-refractivity contribution in [2.75, 3.05) is 6.54 Å². The molecule has 0 bridgehead atoms. The molecule has 1 saturated carbocycles. The Morgan fingerprint density at radius 2 is 1.97 bits per heavy atom. The van der Waals surface area contributed by atoms with Gasteiger partial charge in [0.05, 0.1) is 22.3 Å². The zero-order valence-electron chi connectivity index (χ0n) is 18.7. The minimum absolute atomic E-state index is 0.0880. The molecule has 1 saturated heterocycles. The molecule has 9 nitrogen and oxygen atoms in total. The first kappa shape index (κ1) is 22.0. The average molecular weight is 494 g/mol. The molecule has 35 heavy (non-hydrogen) atoms. The van der Waals surface area contributed by atoms with E-state index in [9.17, 15) is 18.0 Å². The van der Waals surface area contributed by atoms with Gasteiger partial charge in [-0.2, -0.15) is 4.31 Å². The number of ether oxygens (including phenoxy) is 1. The van der Waals surface area contributed by atoms with Crippen molar-refractivity contribution < 1.29 is 22.4 Å². The van der Waals surface area contributed by atoms with Crippen LogP contribution in [0.4, 0.5) is 0 Å². The maximum atomic E-state index is 13.6. The lowest BCUT2D eigenvalue weighted by molar-refractivity contribution is 0.0367. The minimum atomic E-state index is -3.84. The van der Waals surface area contributed by atoms with Gasteiger partial charge in [0.1, 0.15) is 5.58 Å². The Hall–Kier alpha value is -3.47. The molecule has 1 unspecified atom stereocenters. The largest absolute Gasteiger partial charge is 0.464 e. The topological polar surface area (TPSA) is 125 Å². The fraction of sp³-hybridized carbons (Fsp3) is 0.280. The predicted molar refractivity (Wildman–Crippen MR) is 128 cm³/mol. The Labute approximate surface area is 200 Å². The van der Waals surface area contributed by atoms with E-state index in [2.05, 4.69) is 0 Å². The number of fused-ring (bicyclic) bond motifs is 2. The first-order chi connectivity index (χ1) is 16.8. The van der Waals surface area contributed by atoms with Crippen LogP contribution in [0.3, 0.4) is 0 Å². The third-order valence-electron chi connectivity index (χ3n) is 7.16. The molecular weight excluding hydrogens is 470 g/mol. The van der Waals surface area contributed by atoms with Crippen LogP contribution < -0.4 is 11.3 Å². The first-order valence-electron chi connectivity index (χ1n) is 11.4. The van der Waals surface area contributed by atoms with E-state index < -0.39 is 27.1 Å². The molecule has 3 heterocycles. The van der Waals surface area contributed by atoms with Gasteiger partial charge < -0.3 is 14.9 Å². The van der Waals surface area contributed by atoms with Crippen LogP contribution >= 0.6 is 0 Å². The van der Waals surface area contributed by atoms with Gasteiger partial charge in [-0.15, -0.1) is 0 Å². The molecular formula is C25H23N3O6S. The highest BCUT2D eigenvalue weighted by molar-refractivity contribution is 7.89. The molecule has 6 rings (SSSR count). The van der Waals surface area contributed by atoms with Gasteiger partial charge in [0, 0.05) is 34.9 Å². The number of hydrogen-bond acceptors (Lipinski definition) is 7. The zero-order valence-corrected chi connectivity index (χ0v) is 19.5. The smallest absolute Gasteiger partial charge is 0.339 e. The Balaban J connectivity index is 1.29. The summed E-state index contributed by atoms with van der Waals surface area (Å²) >= 11 is 0. The molecule has 1 aliphatic heterocycles. The second kappa shape index (κ2) is 7.77. The number of esters is 1. The van der Waals surface area contributed by atoms with E-state index in [1.165, 1.54) is 27.4 Å². The van der Waals surface area contributed by atoms with Crippen molar-refractivity contribution in [3.63, 3.8) is 0 Å². The molecule has 2 aromatic heterocycles. The number of furan rings is 1. The third kappa shape index (κ3) is 3.40. The maximum absolute atomic E-state index is 13.6. The number of nitrogens with two attached hydrogens (primary N) is 1. The molecule has 2 fully saturated rings. The average Bonchev–Trinajstić information content (AvgIpc) is 3.38. The van der Waals surface area contributed by atoms with E-state index in [1.54, 1.807) is 42.5 Å². The van der Waals surface area contributed by atoms with E-state index in [0.29, 0.717) is 29.5 Å². The Morgan fingerprint density at radius 3 is 2.77 bits per heavy atom. The lowest BCUT2D eigenvalue weighted by Gasteiger charge is -2.26. The molecule has 1 atom stereocenters. The zero-order chi connectivity index (χ0) is 24.4. The summed E-state index contributed by atoms with van der Waals surface area (Å²) in [7, 11) is -3.84. The normalized spacial score (nSPS) is 19.5. The van der Waals surface area contributed by atoms with Gasteiger partial charge in [-0.3, -0.25) is 9.36 Å². The molecule has 1 spiro atoms. The van der Waals surface area contributed by atoms with Crippen molar-refractivity contribution >= 4 is 37.7 Å². The number of hydrogen-bond donors (Lipinski definition) is 1. The molecule has 2 aliphatic rings. The highest BCUT2D eigenvalue weighted by atomic mass is 32.2. The van der Waals surface area contributed by atoms with Crippen LogP contribution in [0.25, 0.3) is 21.7 Å². The number of nitrogens with zero attached hydrogens (tertiary/aromatic N) is 2. The van der Waals surface area contributed by atoms with Gasteiger partial charge in [-0.1, -0.05) is 6.07 Å². The summed E-state index contributed by atoms with van der Waals surface area (Å²) in [5, 5.41) is 1.34. The second-order valence-corrected chi connectivity index (χ2v) is 10.9. The van der Waals surface area contributed by atoms with Gasteiger partial charge in [0.25, 0.3) is 5.56 Å². The van der Waals surface area contributed by atoms with Gasteiger partial charge in [0.2, 0.25) is 10.0 Å². The van der Waals surface area contributed by atoms with Crippen molar-refractivity contribution in [2.24, 2.45) is 5.73 Å². The van der Waals surface area contributed by atoms with Crippen LogP contribution in [0.2, 0.25) is 0 Å². The lowest BCUT2D eigenvalue weighted by atomic mass is 10.1. The van der Waals surface area contributed by atoms with E-state index in [4.69, 9.17) is 14.9 Å². The van der Waals surface area contributed by atoms with Crippen molar-refractivity contribution in [1.29, 1.82) is 0 Å². The van der Waals surface area contributed by atoms with Gasteiger partial charge in [-0.05, 0) is 61.7 Å². The van der Waals surface area contributed by atoms with E-state index >= 15 is 0 Å². The van der Waals surface area contributed by atoms with Crippen LogP contribution in [-0.4, -0.2) is 41.4 Å². The fourth-order valence-electron chi connectivity index (χ4n) is 5.08. The van der Waals surface area contributed by atoms with Crippen molar-refractivity contribution in [2.45, 2.75) is 42.5 Å². The standard InChI is InChI=1S/C25H23N3O6S/c26-22-7-12-28(25(22)9-10-25)35(31,32)21-3-1-2-19-18(21)6-11-27(23(19)29)15-34-24(30)17-4-5-20-16(14-17)8-13-33-20/h1-6,8,11,13-14,22H,7,9-10,12,15,26H2. The van der Waals surface area contributed by atoms with Gasteiger partial charge in [0.15, 0.2) is 6.73 Å². The minimum Gasteiger partial charge on any atom is -0.464 e. The van der Waals surface area contributed by atoms with Crippen LogP contribution in [0, 0.1) is 0 Å². The number of carbonyl (C=O) groups is 1. The number of benzene rings is 2. The number of sulfonamides is 1. The molecule has 2 N–H and O–H groups in total. The molecule has 10 heteroatoms. The summed E-state index contributed by atoms with van der Waals surface area (Å²) in [5.74, 6) is -0.587. The highest BCUT2D eigenvalue weighted by Gasteiger charge is 2.60. The van der Waals surface area contributed by atoms with Crippen LogP contribution in [0.15, 0.2) is 75.1 Å². The third-order valence-corrected chi connectivity index (χ3v) is 9.20. The van der Waals surface area contributed by atoms with Gasteiger partial charge in [-0.25, -0.2) is 13.2 Å². The number of pyridine rings is 1. The van der Waals surface area contributed by atoms with Crippen LogP contribution in [0.1, 0.15) is 29.6 Å². The summed E-state index contributed by atoms with van der Waals surface area (Å²) in [5.41, 5.74) is 6.26. The second-order valence-electron chi connectivity index (χ2n) is 9.12. The molecule has 180 valence electrons. The molecule has 0 amide bonds. The number of rotatable bonds is 5. The Morgan fingerprint density at radius 1 is 1.14 bits per heavy atom. The summed E-state index contributed by atoms with van der Waals surface area (Å²) in [6.07, 6.45) is 5.10. The summed E-state index contributed by atoms with van der Waals surface area (Å²) in [6.45, 7) is 0.0651. The monoisotopic (exact) mass is 493 g/mol. The van der Waals surface area contributed by atoms with Crippen LogP contribution in [0.5, 0.6) is 0 Å². The molecule has 4 aromatic rings. The van der Waals surface area contributed by atoms with Crippen molar-refractivity contribution in [3.8, 4) is 0 Å². The molecule has 2 aromatic carbocycles. The maximum Gasteiger partial charge on any atom is 0.339 e. The summed E-state index contributed by atoms with van der Waals surface area (Å²) in [6, 6.07) is 12.7. The predicted octanol–water partition coefficient (Wildman–Crippen LogP) is 2.82. The molecule has 0 radical (unpaired) electrons.